The molecule has 1 unspecified atom stereocenters. The van der Waals surface area contributed by atoms with Gasteiger partial charge in [-0.1, -0.05) is 30.3 Å². The normalized spacial score (nSPS) is 23.9. The van der Waals surface area contributed by atoms with Crippen molar-refractivity contribution in [1.29, 1.82) is 0 Å². The molecule has 0 aromatic heterocycles. The van der Waals surface area contributed by atoms with E-state index in [2.05, 4.69) is 0 Å². The Morgan fingerprint density at radius 3 is 2.07 bits per heavy atom. The summed E-state index contributed by atoms with van der Waals surface area (Å²) in [5.41, 5.74) is -0.379. The number of carbonyl (C=O) groups excluding carboxylic acids is 4. The van der Waals surface area contributed by atoms with Gasteiger partial charge in [-0.3, -0.25) is 19.2 Å². The minimum Gasteiger partial charge on any atom is -0.462 e. The SMILES string of the molecule is CC(=O)OC1O[C@H](COC(=O)C(C)(C)C)[C@H](C(=O)c2ccccc2)[C@H]1OC(C)=O. The Hall–Kier alpha value is -2.74. The van der Waals surface area contributed by atoms with Crippen molar-refractivity contribution in [2.45, 2.75) is 53.1 Å². The zero-order valence-electron chi connectivity index (χ0n) is 17.2. The topological polar surface area (TPSA) is 105 Å². The van der Waals surface area contributed by atoms with E-state index >= 15 is 0 Å². The third kappa shape index (κ3) is 5.87. The van der Waals surface area contributed by atoms with Crippen LogP contribution < -0.4 is 0 Å². The summed E-state index contributed by atoms with van der Waals surface area (Å²) < 4.78 is 21.4. The number of hydrogen-bond acceptors (Lipinski definition) is 8. The summed E-state index contributed by atoms with van der Waals surface area (Å²) in [7, 11) is 0. The summed E-state index contributed by atoms with van der Waals surface area (Å²) in [5.74, 6) is -3.19. The molecule has 1 fully saturated rings. The van der Waals surface area contributed by atoms with Crippen molar-refractivity contribution in [2.75, 3.05) is 6.61 Å². The van der Waals surface area contributed by atoms with Gasteiger partial charge in [-0.15, -0.1) is 0 Å². The first-order valence-electron chi connectivity index (χ1n) is 9.27. The average Bonchev–Trinajstić information content (AvgIpc) is 2.94. The molecule has 1 heterocycles. The van der Waals surface area contributed by atoms with Crippen molar-refractivity contribution in [1.82, 2.24) is 0 Å². The van der Waals surface area contributed by atoms with Crippen LogP contribution in [0.3, 0.4) is 0 Å². The highest BCUT2D eigenvalue weighted by atomic mass is 16.7. The second kappa shape index (κ2) is 9.17. The molecule has 29 heavy (non-hydrogen) atoms. The fourth-order valence-electron chi connectivity index (χ4n) is 2.92. The quantitative estimate of drug-likeness (QED) is 0.403. The van der Waals surface area contributed by atoms with E-state index in [4.69, 9.17) is 18.9 Å². The van der Waals surface area contributed by atoms with Crippen LogP contribution in [-0.2, 0) is 33.3 Å². The summed E-state index contributed by atoms with van der Waals surface area (Å²) in [6.07, 6.45) is -3.41. The summed E-state index contributed by atoms with van der Waals surface area (Å²) >= 11 is 0. The molecule has 1 aromatic carbocycles. The average molecular weight is 406 g/mol. The highest BCUT2D eigenvalue weighted by molar-refractivity contribution is 5.99. The van der Waals surface area contributed by atoms with E-state index in [0.717, 1.165) is 0 Å². The number of rotatable bonds is 6. The number of esters is 3. The van der Waals surface area contributed by atoms with Gasteiger partial charge in [0.2, 0.25) is 6.29 Å². The highest BCUT2D eigenvalue weighted by Gasteiger charge is 2.53. The fraction of sp³-hybridized carbons (Fsp3) is 0.524. The molecule has 0 bridgehead atoms. The maximum atomic E-state index is 13.2. The van der Waals surface area contributed by atoms with Crippen molar-refractivity contribution in [3.8, 4) is 0 Å². The molecule has 1 aromatic rings. The van der Waals surface area contributed by atoms with Crippen LogP contribution in [0.2, 0.25) is 0 Å². The van der Waals surface area contributed by atoms with Gasteiger partial charge < -0.3 is 18.9 Å². The standard InChI is InChI=1S/C21H26O8/c1-12(22)27-18-16(17(24)14-9-7-6-8-10-14)15(29-19(18)28-13(2)23)11-26-20(25)21(3,4)5/h6-10,15-16,18-19H,11H2,1-5H3/t15-,16-,18-,19?/m1/s1. The number of carbonyl (C=O) groups is 4. The van der Waals surface area contributed by atoms with E-state index in [1.165, 1.54) is 13.8 Å². The van der Waals surface area contributed by atoms with Gasteiger partial charge in [0.1, 0.15) is 12.7 Å². The van der Waals surface area contributed by atoms with Gasteiger partial charge in [-0.25, -0.2) is 0 Å². The van der Waals surface area contributed by atoms with Crippen LogP contribution in [0.15, 0.2) is 30.3 Å². The Morgan fingerprint density at radius 2 is 1.55 bits per heavy atom. The van der Waals surface area contributed by atoms with E-state index in [1.54, 1.807) is 51.1 Å². The third-order valence-electron chi connectivity index (χ3n) is 4.27. The Morgan fingerprint density at radius 1 is 0.966 bits per heavy atom. The minimum atomic E-state index is -1.28. The highest BCUT2D eigenvalue weighted by Crippen LogP contribution is 2.34. The molecule has 0 saturated carbocycles. The van der Waals surface area contributed by atoms with Gasteiger partial charge in [0.15, 0.2) is 11.9 Å². The first-order chi connectivity index (χ1) is 13.5. The summed E-state index contributed by atoms with van der Waals surface area (Å²) in [6.45, 7) is 7.19. The summed E-state index contributed by atoms with van der Waals surface area (Å²) in [4.78, 5) is 48.4. The van der Waals surface area contributed by atoms with Crippen molar-refractivity contribution >= 4 is 23.7 Å². The predicted molar refractivity (Wildman–Crippen MR) is 101 cm³/mol. The van der Waals surface area contributed by atoms with Gasteiger partial charge in [0.25, 0.3) is 0 Å². The zero-order valence-corrected chi connectivity index (χ0v) is 17.2. The Kier molecular flexibility index (Phi) is 7.13. The van der Waals surface area contributed by atoms with Crippen LogP contribution in [0.5, 0.6) is 0 Å². The van der Waals surface area contributed by atoms with Crippen molar-refractivity contribution in [2.24, 2.45) is 11.3 Å². The van der Waals surface area contributed by atoms with Crippen LogP contribution in [0.4, 0.5) is 0 Å². The predicted octanol–water partition coefficient (Wildman–Crippen LogP) is 2.29. The van der Waals surface area contributed by atoms with Crippen molar-refractivity contribution < 1.29 is 38.1 Å². The second-order valence-corrected chi connectivity index (χ2v) is 7.83. The monoisotopic (exact) mass is 406 g/mol. The van der Waals surface area contributed by atoms with Gasteiger partial charge in [-0.05, 0) is 20.8 Å². The van der Waals surface area contributed by atoms with Crippen molar-refractivity contribution in [3.05, 3.63) is 35.9 Å². The number of hydrogen-bond donors (Lipinski definition) is 0. The van der Waals surface area contributed by atoms with Gasteiger partial charge in [0.05, 0.1) is 11.3 Å². The lowest BCUT2D eigenvalue weighted by atomic mass is 9.89. The molecule has 8 nitrogen and oxygen atoms in total. The first-order valence-corrected chi connectivity index (χ1v) is 9.27. The maximum Gasteiger partial charge on any atom is 0.311 e. The molecular formula is C21H26O8. The molecule has 1 aliphatic rings. The zero-order chi connectivity index (χ0) is 21.8. The van der Waals surface area contributed by atoms with E-state index < -0.39 is 47.7 Å². The molecular weight excluding hydrogens is 380 g/mol. The van der Waals surface area contributed by atoms with E-state index in [0.29, 0.717) is 5.56 Å². The molecule has 4 atom stereocenters. The molecule has 0 N–H and O–H groups in total. The number of Topliss-reactive ketones (excluding diaryl/α,β-unsaturated/α-hetero) is 1. The van der Waals surface area contributed by atoms with E-state index in [-0.39, 0.29) is 12.4 Å². The van der Waals surface area contributed by atoms with Crippen LogP contribution in [0.25, 0.3) is 0 Å². The van der Waals surface area contributed by atoms with Crippen LogP contribution in [0, 0.1) is 11.3 Å². The lowest BCUT2D eigenvalue weighted by molar-refractivity contribution is -0.197. The Bertz CT molecular complexity index is 765. The summed E-state index contributed by atoms with van der Waals surface area (Å²) in [5, 5.41) is 0. The molecule has 0 amide bonds. The molecule has 8 heteroatoms. The summed E-state index contributed by atoms with van der Waals surface area (Å²) in [6, 6.07) is 8.38. The number of benzene rings is 1. The largest absolute Gasteiger partial charge is 0.462 e. The smallest absolute Gasteiger partial charge is 0.311 e. The van der Waals surface area contributed by atoms with E-state index in [1.807, 2.05) is 0 Å². The minimum absolute atomic E-state index is 0.255. The van der Waals surface area contributed by atoms with Gasteiger partial charge in [0, 0.05) is 19.4 Å². The van der Waals surface area contributed by atoms with Crippen LogP contribution >= 0.6 is 0 Å². The van der Waals surface area contributed by atoms with Crippen LogP contribution in [0.1, 0.15) is 45.0 Å². The number of ketones is 1. The van der Waals surface area contributed by atoms with Gasteiger partial charge in [-0.2, -0.15) is 0 Å². The molecule has 0 spiro atoms. The Balaban J connectivity index is 2.34. The molecule has 2 rings (SSSR count). The lowest BCUT2D eigenvalue weighted by Crippen LogP contribution is -2.40. The molecule has 1 aliphatic heterocycles. The molecule has 0 aliphatic carbocycles. The number of ether oxygens (including phenoxy) is 4. The van der Waals surface area contributed by atoms with E-state index in [9.17, 15) is 19.2 Å². The van der Waals surface area contributed by atoms with Gasteiger partial charge >= 0.3 is 17.9 Å². The van der Waals surface area contributed by atoms with Crippen molar-refractivity contribution in [3.63, 3.8) is 0 Å². The second-order valence-electron chi connectivity index (χ2n) is 7.83. The maximum absolute atomic E-state index is 13.2. The third-order valence-corrected chi connectivity index (χ3v) is 4.27. The molecule has 0 radical (unpaired) electrons. The lowest BCUT2D eigenvalue weighted by Gasteiger charge is -2.23. The fourth-order valence-corrected chi connectivity index (χ4v) is 2.92. The molecule has 158 valence electrons. The Labute approximate surface area is 169 Å². The molecule has 1 saturated heterocycles. The van der Waals surface area contributed by atoms with Crippen LogP contribution in [-0.4, -0.2) is 48.8 Å². The first kappa shape index (κ1) is 22.5.